The summed E-state index contributed by atoms with van der Waals surface area (Å²) < 4.78 is 0. The van der Waals surface area contributed by atoms with Crippen LogP contribution in [0.15, 0.2) is 12.1 Å². The Hall–Kier alpha value is -2.57. The third-order valence-electron chi connectivity index (χ3n) is 3.61. The maximum absolute atomic E-state index is 12.5. The number of nitrogens with zero attached hydrogens (tertiary/aromatic N) is 4. The van der Waals surface area contributed by atoms with Crippen molar-refractivity contribution >= 4 is 11.8 Å². The minimum absolute atomic E-state index is 0.302. The first-order chi connectivity index (χ1) is 9.52. The van der Waals surface area contributed by atoms with Gasteiger partial charge in [0, 0.05) is 0 Å². The van der Waals surface area contributed by atoms with Crippen LogP contribution in [0.5, 0.6) is 0 Å². The van der Waals surface area contributed by atoms with Crippen molar-refractivity contribution in [3.8, 4) is 0 Å². The van der Waals surface area contributed by atoms with E-state index in [1.54, 1.807) is 6.92 Å². The summed E-state index contributed by atoms with van der Waals surface area (Å²) in [5.74, 6) is -0.290. The minimum Gasteiger partial charge on any atom is -0.269 e. The molecule has 0 aliphatic carbocycles. The molecule has 1 atom stereocenters. The Morgan fingerprint density at radius 2 is 1.65 bits per heavy atom. The van der Waals surface area contributed by atoms with Crippen molar-refractivity contribution in [3.05, 3.63) is 40.2 Å². The molecule has 0 saturated heterocycles. The lowest BCUT2D eigenvalue weighted by molar-refractivity contribution is 0.0588. The molecule has 102 valence electrons. The molecule has 2 amide bonds. The number of benzene rings is 1. The molecule has 0 bridgehead atoms. The maximum atomic E-state index is 12.5. The third-order valence-corrected chi connectivity index (χ3v) is 3.61. The number of H-pyrrole nitrogens is 1. The average molecular weight is 271 g/mol. The van der Waals surface area contributed by atoms with Crippen LogP contribution >= 0.6 is 0 Å². The fourth-order valence-electron chi connectivity index (χ4n) is 2.51. The molecule has 2 heterocycles. The second kappa shape index (κ2) is 4.22. The highest BCUT2D eigenvalue weighted by molar-refractivity contribution is 6.22. The summed E-state index contributed by atoms with van der Waals surface area (Å²) in [6, 6.07) is 3.14. The predicted molar refractivity (Wildman–Crippen MR) is 69.0 cm³/mol. The fourth-order valence-corrected chi connectivity index (χ4v) is 2.51. The lowest BCUT2D eigenvalue weighted by Crippen LogP contribution is -2.33. The Balaban J connectivity index is 2.10. The number of aromatic nitrogens is 4. The van der Waals surface area contributed by atoms with Gasteiger partial charge in [0.2, 0.25) is 0 Å². The number of hydrogen-bond donors (Lipinski definition) is 1. The summed E-state index contributed by atoms with van der Waals surface area (Å²) in [5, 5.41) is 13.5. The number of nitrogens with one attached hydrogen (secondary N) is 1. The summed E-state index contributed by atoms with van der Waals surface area (Å²) in [4.78, 5) is 26.3. The summed E-state index contributed by atoms with van der Waals surface area (Å²) in [7, 11) is 0. The zero-order chi connectivity index (χ0) is 14.4. The van der Waals surface area contributed by atoms with E-state index in [0.29, 0.717) is 17.0 Å². The number of amides is 2. The highest BCUT2D eigenvalue weighted by Crippen LogP contribution is 2.33. The van der Waals surface area contributed by atoms with Crippen molar-refractivity contribution in [1.82, 2.24) is 25.5 Å². The average Bonchev–Trinajstić information content (AvgIpc) is 3.02. The second-order valence-electron chi connectivity index (χ2n) is 4.88. The number of fused-ring (bicyclic) bond motifs is 1. The molecule has 3 rings (SSSR count). The summed E-state index contributed by atoms with van der Waals surface area (Å²) in [5.41, 5.74) is 2.55. The molecule has 0 spiro atoms. The number of aromatic amines is 1. The van der Waals surface area contributed by atoms with Crippen LogP contribution in [0.3, 0.4) is 0 Å². The van der Waals surface area contributed by atoms with Gasteiger partial charge < -0.3 is 0 Å². The van der Waals surface area contributed by atoms with Crippen molar-refractivity contribution in [2.75, 3.05) is 0 Å². The summed E-state index contributed by atoms with van der Waals surface area (Å²) in [6.07, 6.45) is 0. The first-order valence-electron chi connectivity index (χ1n) is 6.23. The number of aryl methyl sites for hydroxylation is 2. The van der Waals surface area contributed by atoms with Gasteiger partial charge in [0.25, 0.3) is 11.8 Å². The van der Waals surface area contributed by atoms with Crippen LogP contribution in [0.2, 0.25) is 0 Å². The summed E-state index contributed by atoms with van der Waals surface area (Å²) in [6.45, 7) is 5.36. The van der Waals surface area contributed by atoms with E-state index in [-0.39, 0.29) is 11.8 Å². The van der Waals surface area contributed by atoms with Gasteiger partial charge in [-0.3, -0.25) is 14.5 Å². The van der Waals surface area contributed by atoms with E-state index in [9.17, 15) is 9.59 Å². The quantitative estimate of drug-likeness (QED) is 0.828. The molecule has 7 heteroatoms. The van der Waals surface area contributed by atoms with Crippen molar-refractivity contribution in [2.24, 2.45) is 0 Å². The second-order valence-corrected chi connectivity index (χ2v) is 4.88. The molecule has 1 aromatic carbocycles. The molecule has 2 aromatic rings. The molecular weight excluding hydrogens is 258 g/mol. The molecule has 1 N–H and O–H groups in total. The van der Waals surface area contributed by atoms with Crippen molar-refractivity contribution in [2.45, 2.75) is 26.8 Å². The van der Waals surface area contributed by atoms with E-state index in [4.69, 9.17) is 0 Å². The number of carbonyl (C=O) groups is 2. The van der Waals surface area contributed by atoms with Gasteiger partial charge in [-0.25, -0.2) is 0 Å². The lowest BCUT2D eigenvalue weighted by atomic mass is 9.99. The third kappa shape index (κ3) is 1.56. The highest BCUT2D eigenvalue weighted by atomic mass is 16.2. The molecule has 7 nitrogen and oxygen atoms in total. The van der Waals surface area contributed by atoms with Gasteiger partial charge in [-0.15, -0.1) is 10.2 Å². The van der Waals surface area contributed by atoms with Crippen LogP contribution in [0.1, 0.15) is 50.6 Å². The van der Waals surface area contributed by atoms with E-state index in [1.807, 2.05) is 26.0 Å². The Morgan fingerprint density at radius 1 is 1.10 bits per heavy atom. The molecule has 0 radical (unpaired) electrons. The number of imide groups is 1. The highest BCUT2D eigenvalue weighted by Gasteiger charge is 2.41. The van der Waals surface area contributed by atoms with E-state index >= 15 is 0 Å². The molecule has 20 heavy (non-hydrogen) atoms. The summed E-state index contributed by atoms with van der Waals surface area (Å²) >= 11 is 0. The van der Waals surface area contributed by atoms with Gasteiger partial charge in [-0.1, -0.05) is 17.3 Å². The van der Waals surface area contributed by atoms with Gasteiger partial charge in [0.1, 0.15) is 6.04 Å². The Labute approximate surface area is 115 Å². The molecule has 1 aliphatic rings. The van der Waals surface area contributed by atoms with Crippen LogP contribution < -0.4 is 0 Å². The Kier molecular flexibility index (Phi) is 2.63. The fraction of sp³-hybridized carbons (Fsp3) is 0.308. The Morgan fingerprint density at radius 3 is 2.10 bits per heavy atom. The van der Waals surface area contributed by atoms with Crippen LogP contribution in [0.4, 0.5) is 0 Å². The number of carbonyl (C=O) groups excluding carboxylic acids is 2. The van der Waals surface area contributed by atoms with Crippen molar-refractivity contribution in [1.29, 1.82) is 0 Å². The zero-order valence-electron chi connectivity index (χ0n) is 11.3. The zero-order valence-corrected chi connectivity index (χ0v) is 11.3. The Bertz CT molecular complexity index is 667. The van der Waals surface area contributed by atoms with Gasteiger partial charge in [-0.2, -0.15) is 5.21 Å². The maximum Gasteiger partial charge on any atom is 0.262 e. The smallest absolute Gasteiger partial charge is 0.262 e. The predicted octanol–water partition coefficient (Wildman–Crippen LogP) is 1.17. The number of hydrogen-bond acceptors (Lipinski definition) is 5. The molecule has 1 aliphatic heterocycles. The topological polar surface area (TPSA) is 91.8 Å². The molecule has 1 unspecified atom stereocenters. The number of tetrazole rings is 1. The first kappa shape index (κ1) is 12.5. The standard InChI is InChI=1S/C13H13N5O2/c1-6-4-5-7(2)10-9(6)12(19)18(13(10)20)8(3)11-14-16-17-15-11/h4-5,8H,1-3H3,(H,14,15,16,17). The first-order valence-corrected chi connectivity index (χ1v) is 6.23. The monoisotopic (exact) mass is 271 g/mol. The normalized spacial score (nSPS) is 15.7. The van der Waals surface area contributed by atoms with Gasteiger partial charge in [0.15, 0.2) is 5.82 Å². The van der Waals surface area contributed by atoms with E-state index in [0.717, 1.165) is 11.1 Å². The van der Waals surface area contributed by atoms with Crippen molar-refractivity contribution in [3.63, 3.8) is 0 Å². The van der Waals surface area contributed by atoms with Crippen LogP contribution in [-0.4, -0.2) is 37.3 Å². The van der Waals surface area contributed by atoms with E-state index in [1.165, 1.54) is 4.90 Å². The van der Waals surface area contributed by atoms with E-state index in [2.05, 4.69) is 20.6 Å². The lowest BCUT2D eigenvalue weighted by Gasteiger charge is -2.19. The SMILES string of the molecule is Cc1ccc(C)c2c1C(=O)N(C(C)c1nn[nH]n1)C2=O. The van der Waals surface area contributed by atoms with Gasteiger partial charge in [-0.05, 0) is 31.9 Å². The minimum atomic E-state index is -0.556. The van der Waals surface area contributed by atoms with Crippen LogP contribution in [-0.2, 0) is 0 Å². The molecule has 0 saturated carbocycles. The van der Waals surface area contributed by atoms with E-state index < -0.39 is 6.04 Å². The molecule has 0 fully saturated rings. The molecular formula is C13H13N5O2. The van der Waals surface area contributed by atoms with Gasteiger partial charge in [0.05, 0.1) is 11.1 Å². The molecule has 1 aromatic heterocycles. The van der Waals surface area contributed by atoms with Crippen LogP contribution in [0, 0.1) is 13.8 Å². The van der Waals surface area contributed by atoms with Crippen molar-refractivity contribution < 1.29 is 9.59 Å². The van der Waals surface area contributed by atoms with Crippen LogP contribution in [0.25, 0.3) is 0 Å². The number of rotatable bonds is 2. The largest absolute Gasteiger partial charge is 0.269 e. The van der Waals surface area contributed by atoms with Gasteiger partial charge >= 0.3 is 0 Å².